The fraction of sp³-hybridized carbons (Fsp3) is 0.0476. The van der Waals surface area contributed by atoms with Crippen molar-refractivity contribution in [3.05, 3.63) is 95.6 Å². The lowest BCUT2D eigenvalue weighted by Crippen LogP contribution is -2.42. The molecule has 0 aliphatic carbocycles. The molecule has 3 N–H and O–H groups in total. The lowest BCUT2D eigenvalue weighted by Gasteiger charge is -2.10. The van der Waals surface area contributed by atoms with Gasteiger partial charge >= 0.3 is 0 Å². The third-order valence-electron chi connectivity index (χ3n) is 4.13. The molecule has 10 heteroatoms. The van der Waals surface area contributed by atoms with Crippen LogP contribution in [0.2, 0.25) is 0 Å². The molecule has 3 aromatic rings. The molecule has 0 heterocycles. The van der Waals surface area contributed by atoms with Gasteiger partial charge in [0.05, 0.1) is 16.9 Å². The SMILES string of the molecule is O=C(Cc1ccc(NS(=O)(=O)c2ccc(F)cc2)cc1)NNC(=O)c1ccccc1F. The minimum absolute atomic E-state index is 0.0945. The second kappa shape index (κ2) is 9.35. The molecule has 0 saturated heterocycles. The smallest absolute Gasteiger partial charge is 0.272 e. The number of anilines is 1. The summed E-state index contributed by atoms with van der Waals surface area (Å²) in [5.41, 5.74) is 4.90. The van der Waals surface area contributed by atoms with Gasteiger partial charge in [-0.2, -0.15) is 0 Å². The Bertz CT molecular complexity index is 1200. The van der Waals surface area contributed by atoms with Crippen LogP contribution in [-0.4, -0.2) is 20.2 Å². The van der Waals surface area contributed by atoms with E-state index in [0.717, 1.165) is 30.3 Å². The zero-order chi connectivity index (χ0) is 22.4. The van der Waals surface area contributed by atoms with E-state index in [9.17, 15) is 26.8 Å². The summed E-state index contributed by atoms with van der Waals surface area (Å²) in [4.78, 5) is 23.8. The average Bonchev–Trinajstić information content (AvgIpc) is 2.74. The van der Waals surface area contributed by atoms with Crippen molar-refractivity contribution in [1.82, 2.24) is 10.9 Å². The Morgan fingerprint density at radius 2 is 1.45 bits per heavy atom. The zero-order valence-corrected chi connectivity index (χ0v) is 16.7. The van der Waals surface area contributed by atoms with E-state index in [0.29, 0.717) is 5.56 Å². The monoisotopic (exact) mass is 445 g/mol. The highest BCUT2D eigenvalue weighted by atomic mass is 32.2. The Morgan fingerprint density at radius 3 is 2.10 bits per heavy atom. The molecule has 31 heavy (non-hydrogen) atoms. The van der Waals surface area contributed by atoms with Crippen LogP contribution >= 0.6 is 0 Å². The summed E-state index contributed by atoms with van der Waals surface area (Å²) in [6, 6.07) is 15.7. The third kappa shape index (κ3) is 5.86. The van der Waals surface area contributed by atoms with Crippen molar-refractivity contribution >= 4 is 27.5 Å². The normalized spacial score (nSPS) is 10.9. The minimum Gasteiger partial charge on any atom is -0.280 e. The van der Waals surface area contributed by atoms with Gasteiger partial charge in [0.15, 0.2) is 0 Å². The quantitative estimate of drug-likeness (QED) is 0.508. The first-order valence-corrected chi connectivity index (χ1v) is 10.4. The maximum atomic E-state index is 13.6. The molecule has 7 nitrogen and oxygen atoms in total. The predicted molar refractivity (Wildman–Crippen MR) is 109 cm³/mol. The number of carbonyl (C=O) groups excluding carboxylic acids is 2. The Hall–Kier alpha value is -3.79. The Balaban J connectivity index is 1.55. The number of carbonyl (C=O) groups is 2. The number of sulfonamides is 1. The average molecular weight is 445 g/mol. The molecule has 0 aliphatic rings. The highest BCUT2D eigenvalue weighted by Gasteiger charge is 2.15. The number of rotatable bonds is 6. The van der Waals surface area contributed by atoms with E-state index < -0.39 is 33.5 Å². The van der Waals surface area contributed by atoms with Gasteiger partial charge in [0.1, 0.15) is 11.6 Å². The van der Waals surface area contributed by atoms with Crippen LogP contribution in [0.3, 0.4) is 0 Å². The lowest BCUT2D eigenvalue weighted by molar-refractivity contribution is -0.121. The molecule has 3 rings (SSSR count). The summed E-state index contributed by atoms with van der Waals surface area (Å²) in [5.74, 6) is -2.61. The topological polar surface area (TPSA) is 104 Å². The number of amides is 2. The van der Waals surface area contributed by atoms with Crippen LogP contribution in [0.15, 0.2) is 77.7 Å². The van der Waals surface area contributed by atoms with Crippen molar-refractivity contribution in [3.63, 3.8) is 0 Å². The van der Waals surface area contributed by atoms with E-state index in [1.54, 1.807) is 0 Å². The molecule has 160 valence electrons. The zero-order valence-electron chi connectivity index (χ0n) is 15.9. The van der Waals surface area contributed by atoms with Gasteiger partial charge in [0.25, 0.3) is 15.9 Å². The summed E-state index contributed by atoms with van der Waals surface area (Å²) in [5, 5.41) is 0. The molecule has 0 bridgehead atoms. The van der Waals surface area contributed by atoms with E-state index in [-0.39, 0.29) is 22.6 Å². The Kier molecular flexibility index (Phi) is 6.61. The van der Waals surface area contributed by atoms with Crippen molar-refractivity contribution in [2.45, 2.75) is 11.3 Å². The van der Waals surface area contributed by atoms with E-state index in [2.05, 4.69) is 15.6 Å². The standard InChI is InChI=1S/C21H17F2N3O4S/c22-15-7-11-17(12-8-15)31(29,30)26-16-9-5-14(6-10-16)13-20(27)24-25-21(28)18-3-1-2-4-19(18)23/h1-12,26H,13H2,(H,24,27)(H,25,28). The number of hydrogen-bond donors (Lipinski definition) is 3. The van der Waals surface area contributed by atoms with Gasteiger partial charge in [0.2, 0.25) is 5.91 Å². The number of halogens is 2. The van der Waals surface area contributed by atoms with E-state index >= 15 is 0 Å². The van der Waals surface area contributed by atoms with Crippen LogP contribution < -0.4 is 15.6 Å². The first-order chi connectivity index (χ1) is 14.7. The number of benzene rings is 3. The summed E-state index contributed by atoms with van der Waals surface area (Å²) >= 11 is 0. The summed E-state index contributed by atoms with van der Waals surface area (Å²) in [6.45, 7) is 0. The van der Waals surface area contributed by atoms with Crippen molar-refractivity contribution in [3.8, 4) is 0 Å². The highest BCUT2D eigenvalue weighted by molar-refractivity contribution is 7.92. The fourth-order valence-electron chi connectivity index (χ4n) is 2.59. The summed E-state index contributed by atoms with van der Waals surface area (Å²) < 4.78 is 53.5. The Morgan fingerprint density at radius 1 is 0.806 bits per heavy atom. The number of hydrogen-bond acceptors (Lipinski definition) is 4. The molecule has 0 atom stereocenters. The van der Waals surface area contributed by atoms with Crippen LogP contribution in [0.25, 0.3) is 0 Å². The molecule has 0 saturated carbocycles. The van der Waals surface area contributed by atoms with Gasteiger partial charge in [-0.25, -0.2) is 17.2 Å². The second-order valence-electron chi connectivity index (χ2n) is 6.42. The highest BCUT2D eigenvalue weighted by Crippen LogP contribution is 2.17. The van der Waals surface area contributed by atoms with Crippen LogP contribution in [0.4, 0.5) is 14.5 Å². The molecule has 0 aliphatic heterocycles. The summed E-state index contributed by atoms with van der Waals surface area (Å²) in [7, 11) is -3.89. The van der Waals surface area contributed by atoms with E-state index in [1.165, 1.54) is 42.5 Å². The molecule has 0 unspecified atom stereocenters. The Labute approximate surface area is 177 Å². The molecule has 0 radical (unpaired) electrons. The second-order valence-corrected chi connectivity index (χ2v) is 8.10. The third-order valence-corrected chi connectivity index (χ3v) is 5.53. The van der Waals surface area contributed by atoms with Gasteiger partial charge in [-0.05, 0) is 54.1 Å². The number of hydrazine groups is 1. The largest absolute Gasteiger partial charge is 0.280 e. The lowest BCUT2D eigenvalue weighted by atomic mass is 10.1. The van der Waals surface area contributed by atoms with Crippen molar-refractivity contribution in [1.29, 1.82) is 0 Å². The first-order valence-electron chi connectivity index (χ1n) is 8.95. The minimum atomic E-state index is -3.89. The van der Waals surface area contributed by atoms with Gasteiger partial charge < -0.3 is 0 Å². The molecule has 0 spiro atoms. The van der Waals surface area contributed by atoms with Gasteiger partial charge in [-0.3, -0.25) is 25.2 Å². The van der Waals surface area contributed by atoms with Crippen LogP contribution in [0, 0.1) is 11.6 Å². The predicted octanol–water partition coefficient (Wildman–Crippen LogP) is 2.77. The van der Waals surface area contributed by atoms with Gasteiger partial charge in [-0.1, -0.05) is 24.3 Å². The van der Waals surface area contributed by atoms with Crippen molar-refractivity contribution < 1.29 is 26.8 Å². The van der Waals surface area contributed by atoms with E-state index in [4.69, 9.17) is 0 Å². The molecule has 3 aromatic carbocycles. The van der Waals surface area contributed by atoms with Crippen LogP contribution in [0.1, 0.15) is 15.9 Å². The van der Waals surface area contributed by atoms with Crippen LogP contribution in [-0.2, 0) is 21.2 Å². The molecule has 0 fully saturated rings. The van der Waals surface area contributed by atoms with Crippen LogP contribution in [0.5, 0.6) is 0 Å². The van der Waals surface area contributed by atoms with Gasteiger partial charge in [0, 0.05) is 5.69 Å². The first kappa shape index (κ1) is 21.9. The van der Waals surface area contributed by atoms with Crippen molar-refractivity contribution in [2.24, 2.45) is 0 Å². The molecular weight excluding hydrogens is 428 g/mol. The molecule has 2 amide bonds. The maximum absolute atomic E-state index is 13.6. The van der Waals surface area contributed by atoms with Gasteiger partial charge in [-0.15, -0.1) is 0 Å². The summed E-state index contributed by atoms with van der Waals surface area (Å²) in [6.07, 6.45) is -0.109. The number of nitrogens with one attached hydrogen (secondary N) is 3. The van der Waals surface area contributed by atoms with E-state index in [1.807, 2.05) is 0 Å². The fourth-order valence-corrected chi connectivity index (χ4v) is 3.65. The maximum Gasteiger partial charge on any atom is 0.272 e. The van der Waals surface area contributed by atoms with Crippen molar-refractivity contribution in [2.75, 3.05) is 4.72 Å². The molecular formula is C21H17F2N3O4S. The molecule has 0 aromatic heterocycles.